The first kappa shape index (κ1) is 13.5. The van der Waals surface area contributed by atoms with Crippen molar-refractivity contribution in [3.63, 3.8) is 0 Å². The second-order valence-electron chi connectivity index (χ2n) is 3.80. The van der Waals surface area contributed by atoms with Gasteiger partial charge in [-0.2, -0.15) is 5.26 Å². The molecule has 82 valence electrons. The van der Waals surface area contributed by atoms with Gasteiger partial charge in [0.05, 0.1) is 6.07 Å². The largest absolute Gasteiger partial charge is 0.355 e. The molecule has 15 heavy (non-hydrogen) atoms. The first-order chi connectivity index (χ1) is 7.13. The summed E-state index contributed by atoms with van der Waals surface area (Å²) in [7, 11) is 0. The Balaban J connectivity index is 3.75. The summed E-state index contributed by atoms with van der Waals surface area (Å²) in [4.78, 5) is 11.5. The number of nitrogens with zero attached hydrogens (tertiary/aromatic N) is 1. The van der Waals surface area contributed by atoms with Crippen LogP contribution in [0.1, 0.15) is 33.1 Å². The second-order valence-corrected chi connectivity index (χ2v) is 3.80. The molecule has 1 unspecified atom stereocenters. The minimum absolute atomic E-state index is 0.0562. The molecule has 0 aromatic carbocycles. The normalized spacial score (nSPS) is 11.5. The van der Waals surface area contributed by atoms with E-state index in [0.717, 1.165) is 19.3 Å². The van der Waals surface area contributed by atoms with Crippen molar-refractivity contribution in [1.82, 2.24) is 5.32 Å². The van der Waals surface area contributed by atoms with Crippen molar-refractivity contribution in [3.8, 4) is 18.4 Å². The zero-order valence-electron chi connectivity index (χ0n) is 9.42. The van der Waals surface area contributed by atoms with Gasteiger partial charge >= 0.3 is 0 Å². The van der Waals surface area contributed by atoms with Crippen LogP contribution in [0.25, 0.3) is 0 Å². The molecule has 0 saturated carbocycles. The number of terminal acetylenes is 1. The summed E-state index contributed by atoms with van der Waals surface area (Å²) in [6.45, 7) is 4.34. The number of carbonyl (C=O) groups is 1. The Kier molecular flexibility index (Phi) is 7.10. The summed E-state index contributed by atoms with van der Waals surface area (Å²) in [5.41, 5.74) is 0. The molecule has 1 amide bonds. The van der Waals surface area contributed by atoms with Crippen LogP contribution in [-0.2, 0) is 4.79 Å². The standard InChI is InChI=1S/C12H18N2O/c1-4-5-6-7-8-14-12(15)11(9-13)10(2)3/h1,10-11H,5-8H2,2-3H3,(H,14,15). The summed E-state index contributed by atoms with van der Waals surface area (Å²) in [6, 6.07) is 2.01. The van der Waals surface area contributed by atoms with Crippen LogP contribution in [0.15, 0.2) is 0 Å². The maximum absolute atomic E-state index is 11.5. The van der Waals surface area contributed by atoms with E-state index in [2.05, 4.69) is 11.2 Å². The molecule has 0 heterocycles. The van der Waals surface area contributed by atoms with Crippen LogP contribution in [-0.4, -0.2) is 12.5 Å². The van der Waals surface area contributed by atoms with Gasteiger partial charge in [0, 0.05) is 13.0 Å². The predicted molar refractivity (Wildman–Crippen MR) is 59.6 cm³/mol. The molecule has 1 N–H and O–H groups in total. The van der Waals surface area contributed by atoms with Gasteiger partial charge in [-0.05, 0) is 18.8 Å². The van der Waals surface area contributed by atoms with Gasteiger partial charge in [0.15, 0.2) is 0 Å². The highest BCUT2D eigenvalue weighted by Gasteiger charge is 2.20. The first-order valence-corrected chi connectivity index (χ1v) is 5.24. The SMILES string of the molecule is C#CCCCCNC(=O)C(C#N)C(C)C. The van der Waals surface area contributed by atoms with Crippen LogP contribution in [0.4, 0.5) is 0 Å². The third-order valence-electron chi connectivity index (χ3n) is 2.14. The third kappa shape index (κ3) is 5.75. The topological polar surface area (TPSA) is 52.9 Å². The van der Waals surface area contributed by atoms with Crippen molar-refractivity contribution >= 4 is 5.91 Å². The van der Waals surface area contributed by atoms with E-state index in [1.54, 1.807) is 0 Å². The Hall–Kier alpha value is -1.48. The van der Waals surface area contributed by atoms with Gasteiger partial charge < -0.3 is 5.32 Å². The molecule has 3 nitrogen and oxygen atoms in total. The number of amides is 1. The Bertz CT molecular complexity index is 270. The fourth-order valence-corrected chi connectivity index (χ4v) is 1.18. The summed E-state index contributed by atoms with van der Waals surface area (Å²) in [5.74, 6) is 1.88. The average Bonchev–Trinajstić information content (AvgIpc) is 2.18. The quantitative estimate of drug-likeness (QED) is 0.531. The maximum Gasteiger partial charge on any atom is 0.237 e. The molecule has 0 aromatic heterocycles. The molecule has 0 rings (SSSR count). The monoisotopic (exact) mass is 206 g/mol. The molecule has 0 spiro atoms. The number of nitrogens with one attached hydrogen (secondary N) is 1. The highest BCUT2D eigenvalue weighted by molar-refractivity contribution is 5.81. The third-order valence-corrected chi connectivity index (χ3v) is 2.14. The molecule has 3 heteroatoms. The summed E-state index contributed by atoms with van der Waals surface area (Å²) >= 11 is 0. The summed E-state index contributed by atoms with van der Waals surface area (Å²) in [6.07, 6.45) is 7.62. The molecule has 0 aliphatic carbocycles. The average molecular weight is 206 g/mol. The first-order valence-electron chi connectivity index (χ1n) is 5.24. The summed E-state index contributed by atoms with van der Waals surface area (Å²) in [5, 5.41) is 11.5. The second kappa shape index (κ2) is 7.88. The molecule has 0 fully saturated rings. The molecule has 0 bridgehead atoms. The minimum Gasteiger partial charge on any atom is -0.355 e. The van der Waals surface area contributed by atoms with Crippen LogP contribution in [0.3, 0.4) is 0 Å². The fraction of sp³-hybridized carbons (Fsp3) is 0.667. The Morgan fingerprint density at radius 2 is 2.13 bits per heavy atom. The van der Waals surface area contributed by atoms with E-state index in [-0.39, 0.29) is 11.8 Å². The number of unbranched alkanes of at least 4 members (excludes halogenated alkanes) is 2. The van der Waals surface area contributed by atoms with Crippen molar-refractivity contribution in [3.05, 3.63) is 0 Å². The summed E-state index contributed by atoms with van der Waals surface area (Å²) < 4.78 is 0. The van der Waals surface area contributed by atoms with Crippen LogP contribution < -0.4 is 5.32 Å². The van der Waals surface area contributed by atoms with Gasteiger partial charge in [0.2, 0.25) is 5.91 Å². The van der Waals surface area contributed by atoms with Gasteiger partial charge in [-0.15, -0.1) is 12.3 Å². The van der Waals surface area contributed by atoms with Crippen molar-refractivity contribution in [2.45, 2.75) is 33.1 Å². The van der Waals surface area contributed by atoms with Crippen molar-refractivity contribution in [2.24, 2.45) is 11.8 Å². The Labute approximate surface area is 91.9 Å². The van der Waals surface area contributed by atoms with Gasteiger partial charge in [-0.3, -0.25) is 4.79 Å². The van der Waals surface area contributed by atoms with E-state index in [9.17, 15) is 4.79 Å². The lowest BCUT2D eigenvalue weighted by Crippen LogP contribution is -2.33. The Morgan fingerprint density at radius 3 is 2.60 bits per heavy atom. The molecule has 0 radical (unpaired) electrons. The van der Waals surface area contributed by atoms with E-state index in [4.69, 9.17) is 11.7 Å². The molecular weight excluding hydrogens is 188 g/mol. The minimum atomic E-state index is -0.544. The number of rotatable bonds is 6. The molecule has 0 aliphatic rings. The lowest BCUT2D eigenvalue weighted by atomic mass is 9.97. The van der Waals surface area contributed by atoms with E-state index >= 15 is 0 Å². The zero-order chi connectivity index (χ0) is 11.7. The van der Waals surface area contributed by atoms with Gasteiger partial charge in [0.25, 0.3) is 0 Å². The smallest absolute Gasteiger partial charge is 0.237 e. The van der Waals surface area contributed by atoms with E-state index in [0.29, 0.717) is 6.54 Å². The Morgan fingerprint density at radius 1 is 1.47 bits per heavy atom. The van der Waals surface area contributed by atoms with E-state index < -0.39 is 5.92 Å². The highest BCUT2D eigenvalue weighted by atomic mass is 16.1. The number of carbonyl (C=O) groups excluding carboxylic acids is 1. The number of hydrogen-bond acceptors (Lipinski definition) is 2. The molecule has 1 atom stereocenters. The van der Waals surface area contributed by atoms with Crippen molar-refractivity contribution < 1.29 is 4.79 Å². The van der Waals surface area contributed by atoms with Crippen molar-refractivity contribution in [2.75, 3.05) is 6.54 Å². The van der Waals surface area contributed by atoms with Gasteiger partial charge in [-0.1, -0.05) is 13.8 Å². The van der Waals surface area contributed by atoms with Crippen LogP contribution >= 0.6 is 0 Å². The lowest BCUT2D eigenvalue weighted by Gasteiger charge is -2.12. The van der Waals surface area contributed by atoms with E-state index in [1.807, 2.05) is 19.9 Å². The fourth-order valence-electron chi connectivity index (χ4n) is 1.18. The van der Waals surface area contributed by atoms with Gasteiger partial charge in [0.1, 0.15) is 5.92 Å². The van der Waals surface area contributed by atoms with Gasteiger partial charge in [-0.25, -0.2) is 0 Å². The van der Waals surface area contributed by atoms with Crippen molar-refractivity contribution in [1.29, 1.82) is 5.26 Å². The highest BCUT2D eigenvalue weighted by Crippen LogP contribution is 2.09. The molecular formula is C12H18N2O. The number of nitriles is 1. The zero-order valence-corrected chi connectivity index (χ0v) is 9.42. The van der Waals surface area contributed by atoms with Crippen LogP contribution in [0, 0.1) is 35.5 Å². The maximum atomic E-state index is 11.5. The molecule has 0 aromatic rings. The molecule has 0 aliphatic heterocycles. The lowest BCUT2D eigenvalue weighted by molar-refractivity contribution is -0.124. The molecule has 0 saturated heterocycles. The number of hydrogen-bond donors (Lipinski definition) is 1. The van der Waals surface area contributed by atoms with E-state index in [1.165, 1.54) is 0 Å². The van der Waals surface area contributed by atoms with Crippen LogP contribution in [0.5, 0.6) is 0 Å². The van der Waals surface area contributed by atoms with Crippen LogP contribution in [0.2, 0.25) is 0 Å². The predicted octanol–water partition coefficient (Wildman–Crippen LogP) is 1.70.